The standard InChI is InChI=1S/C14H10BrN3O/c15-11-5-1-2-6-12(11)17-14(19)10-4-3-8-18-9-7-16-13(10)18/h1-9H,(H,17,19). The lowest BCUT2D eigenvalue weighted by molar-refractivity contribution is 0.102. The molecule has 1 aromatic carbocycles. The Morgan fingerprint density at radius 3 is 2.84 bits per heavy atom. The predicted molar refractivity (Wildman–Crippen MR) is 77.3 cm³/mol. The van der Waals surface area contributed by atoms with E-state index in [-0.39, 0.29) is 5.91 Å². The molecule has 0 aliphatic heterocycles. The molecule has 19 heavy (non-hydrogen) atoms. The zero-order chi connectivity index (χ0) is 13.2. The quantitative estimate of drug-likeness (QED) is 0.788. The second-order valence-corrected chi connectivity index (χ2v) is 4.87. The lowest BCUT2D eigenvalue weighted by Crippen LogP contribution is -2.13. The Labute approximate surface area is 118 Å². The predicted octanol–water partition coefficient (Wildman–Crippen LogP) is 3.35. The molecule has 5 heteroatoms. The van der Waals surface area contributed by atoms with Crippen LogP contribution in [0.25, 0.3) is 5.65 Å². The number of carbonyl (C=O) groups is 1. The zero-order valence-electron chi connectivity index (χ0n) is 9.88. The fourth-order valence-corrected chi connectivity index (χ4v) is 2.26. The van der Waals surface area contributed by atoms with Crippen LogP contribution in [0.1, 0.15) is 10.4 Å². The number of carbonyl (C=O) groups excluding carboxylic acids is 1. The molecule has 1 amide bonds. The summed E-state index contributed by atoms with van der Waals surface area (Å²) in [5.74, 6) is -0.177. The third-order valence-corrected chi connectivity index (χ3v) is 3.48. The van der Waals surface area contributed by atoms with Crippen LogP contribution in [0.3, 0.4) is 0 Å². The molecule has 0 aliphatic carbocycles. The minimum absolute atomic E-state index is 0.177. The van der Waals surface area contributed by atoms with Crippen molar-refractivity contribution in [3.05, 3.63) is 65.0 Å². The number of benzene rings is 1. The summed E-state index contributed by atoms with van der Waals surface area (Å²) >= 11 is 3.40. The van der Waals surface area contributed by atoms with Gasteiger partial charge in [-0.25, -0.2) is 4.98 Å². The summed E-state index contributed by atoms with van der Waals surface area (Å²) in [6.45, 7) is 0. The van der Waals surface area contributed by atoms with Crippen LogP contribution >= 0.6 is 15.9 Å². The highest BCUT2D eigenvalue weighted by molar-refractivity contribution is 9.10. The molecule has 0 aliphatic rings. The fourth-order valence-electron chi connectivity index (χ4n) is 1.88. The molecule has 3 rings (SSSR count). The summed E-state index contributed by atoms with van der Waals surface area (Å²) in [6, 6.07) is 11.1. The number of rotatable bonds is 2. The second kappa shape index (κ2) is 4.85. The normalized spacial score (nSPS) is 10.6. The maximum absolute atomic E-state index is 12.3. The van der Waals surface area contributed by atoms with Gasteiger partial charge in [-0.05, 0) is 40.2 Å². The maximum Gasteiger partial charge on any atom is 0.259 e. The molecule has 0 unspecified atom stereocenters. The molecule has 4 nitrogen and oxygen atoms in total. The molecule has 94 valence electrons. The number of anilines is 1. The molecule has 0 radical (unpaired) electrons. The van der Waals surface area contributed by atoms with Crippen LogP contribution in [0.2, 0.25) is 0 Å². The molecule has 0 bridgehead atoms. The van der Waals surface area contributed by atoms with Crippen molar-refractivity contribution in [1.82, 2.24) is 9.38 Å². The van der Waals surface area contributed by atoms with E-state index in [2.05, 4.69) is 26.2 Å². The Morgan fingerprint density at radius 1 is 1.16 bits per heavy atom. The van der Waals surface area contributed by atoms with Crippen LogP contribution in [-0.2, 0) is 0 Å². The van der Waals surface area contributed by atoms with Crippen LogP contribution in [0.15, 0.2) is 59.5 Å². The first-order valence-electron chi connectivity index (χ1n) is 5.73. The van der Waals surface area contributed by atoms with Gasteiger partial charge in [0.25, 0.3) is 5.91 Å². The second-order valence-electron chi connectivity index (χ2n) is 4.01. The van der Waals surface area contributed by atoms with E-state index in [1.807, 2.05) is 47.1 Å². The molecule has 1 N–H and O–H groups in total. The average Bonchev–Trinajstić information content (AvgIpc) is 2.89. The van der Waals surface area contributed by atoms with Gasteiger partial charge in [-0.2, -0.15) is 0 Å². The highest BCUT2D eigenvalue weighted by Crippen LogP contribution is 2.22. The number of halogens is 1. The summed E-state index contributed by atoms with van der Waals surface area (Å²) in [5, 5.41) is 2.87. The number of imidazole rings is 1. The maximum atomic E-state index is 12.3. The number of hydrogen-bond donors (Lipinski definition) is 1. The highest BCUT2D eigenvalue weighted by atomic mass is 79.9. The molecule has 0 fully saturated rings. The van der Waals surface area contributed by atoms with E-state index in [4.69, 9.17) is 0 Å². The first-order valence-corrected chi connectivity index (χ1v) is 6.52. The van der Waals surface area contributed by atoms with Crippen molar-refractivity contribution in [1.29, 1.82) is 0 Å². The van der Waals surface area contributed by atoms with E-state index in [9.17, 15) is 4.79 Å². The number of aromatic nitrogens is 2. The Kier molecular flexibility index (Phi) is 3.05. The number of hydrogen-bond acceptors (Lipinski definition) is 2. The molecular weight excluding hydrogens is 306 g/mol. The topological polar surface area (TPSA) is 46.4 Å². The Morgan fingerprint density at radius 2 is 2.00 bits per heavy atom. The monoisotopic (exact) mass is 315 g/mol. The number of amides is 1. The number of pyridine rings is 1. The van der Waals surface area contributed by atoms with E-state index in [0.717, 1.165) is 10.2 Å². The number of nitrogens with one attached hydrogen (secondary N) is 1. The minimum atomic E-state index is -0.177. The van der Waals surface area contributed by atoms with Gasteiger partial charge in [0.05, 0.1) is 11.3 Å². The van der Waals surface area contributed by atoms with Gasteiger partial charge < -0.3 is 9.72 Å². The number of para-hydroxylation sites is 1. The van der Waals surface area contributed by atoms with Gasteiger partial charge in [0.2, 0.25) is 0 Å². The molecular formula is C14H10BrN3O. The van der Waals surface area contributed by atoms with Gasteiger partial charge in [0, 0.05) is 23.1 Å². The minimum Gasteiger partial charge on any atom is -0.321 e. The summed E-state index contributed by atoms with van der Waals surface area (Å²) in [6.07, 6.45) is 5.34. The number of fused-ring (bicyclic) bond motifs is 1. The smallest absolute Gasteiger partial charge is 0.259 e. The van der Waals surface area contributed by atoms with Crippen molar-refractivity contribution in [3.8, 4) is 0 Å². The molecule has 0 saturated heterocycles. The Balaban J connectivity index is 1.97. The molecule has 3 aromatic rings. The van der Waals surface area contributed by atoms with Gasteiger partial charge in [-0.15, -0.1) is 0 Å². The van der Waals surface area contributed by atoms with E-state index in [0.29, 0.717) is 11.2 Å². The third kappa shape index (κ3) is 2.24. The average molecular weight is 316 g/mol. The summed E-state index contributed by atoms with van der Waals surface area (Å²) in [5.41, 5.74) is 1.93. The lowest BCUT2D eigenvalue weighted by atomic mass is 10.2. The van der Waals surface area contributed by atoms with E-state index in [1.165, 1.54) is 0 Å². The van der Waals surface area contributed by atoms with Crippen LogP contribution < -0.4 is 5.32 Å². The summed E-state index contributed by atoms with van der Waals surface area (Å²) in [4.78, 5) is 16.5. The molecule has 0 saturated carbocycles. The van der Waals surface area contributed by atoms with Gasteiger partial charge in [0.1, 0.15) is 5.65 Å². The van der Waals surface area contributed by atoms with Crippen LogP contribution in [0.4, 0.5) is 5.69 Å². The lowest BCUT2D eigenvalue weighted by Gasteiger charge is -2.07. The van der Waals surface area contributed by atoms with Gasteiger partial charge in [-0.1, -0.05) is 12.1 Å². The van der Waals surface area contributed by atoms with Crippen LogP contribution in [0, 0.1) is 0 Å². The van der Waals surface area contributed by atoms with Crippen molar-refractivity contribution >= 4 is 33.2 Å². The van der Waals surface area contributed by atoms with Crippen LogP contribution in [-0.4, -0.2) is 15.3 Å². The highest BCUT2D eigenvalue weighted by Gasteiger charge is 2.12. The number of nitrogens with zero attached hydrogens (tertiary/aromatic N) is 2. The molecule has 2 heterocycles. The first-order chi connectivity index (χ1) is 9.25. The Hall–Kier alpha value is -2.14. The SMILES string of the molecule is O=C(Nc1ccccc1Br)c1cccn2ccnc12. The van der Waals surface area contributed by atoms with Gasteiger partial charge in [-0.3, -0.25) is 4.79 Å². The fraction of sp³-hybridized carbons (Fsp3) is 0. The van der Waals surface area contributed by atoms with Gasteiger partial charge in [0.15, 0.2) is 0 Å². The van der Waals surface area contributed by atoms with Crippen molar-refractivity contribution in [3.63, 3.8) is 0 Å². The van der Waals surface area contributed by atoms with E-state index < -0.39 is 0 Å². The largest absolute Gasteiger partial charge is 0.321 e. The van der Waals surface area contributed by atoms with Gasteiger partial charge >= 0.3 is 0 Å². The van der Waals surface area contributed by atoms with Crippen molar-refractivity contribution in [2.24, 2.45) is 0 Å². The first kappa shape index (κ1) is 11.9. The van der Waals surface area contributed by atoms with Crippen molar-refractivity contribution in [2.75, 3.05) is 5.32 Å². The molecule has 0 atom stereocenters. The summed E-state index contributed by atoms with van der Waals surface area (Å²) < 4.78 is 2.66. The summed E-state index contributed by atoms with van der Waals surface area (Å²) in [7, 11) is 0. The van der Waals surface area contributed by atoms with E-state index >= 15 is 0 Å². The Bertz CT molecular complexity index is 751. The van der Waals surface area contributed by atoms with Crippen LogP contribution in [0.5, 0.6) is 0 Å². The molecule has 2 aromatic heterocycles. The molecule has 0 spiro atoms. The van der Waals surface area contributed by atoms with E-state index in [1.54, 1.807) is 12.3 Å². The van der Waals surface area contributed by atoms with Crippen molar-refractivity contribution in [2.45, 2.75) is 0 Å². The zero-order valence-corrected chi connectivity index (χ0v) is 11.5. The van der Waals surface area contributed by atoms with Crippen molar-refractivity contribution < 1.29 is 4.79 Å². The third-order valence-electron chi connectivity index (χ3n) is 2.79.